The number of rotatable bonds is 15. The quantitative estimate of drug-likeness (QED) is 0.276. The number of benzene rings is 2. The summed E-state index contributed by atoms with van der Waals surface area (Å²) in [5.41, 5.74) is -0.143. The molecule has 0 fully saturated rings. The largest absolute Gasteiger partial charge is 0.481 e. The predicted octanol–water partition coefficient (Wildman–Crippen LogP) is 5.05. The van der Waals surface area contributed by atoms with Gasteiger partial charge >= 0.3 is 12.1 Å². The molecule has 39 heavy (non-hydrogen) atoms. The van der Waals surface area contributed by atoms with Gasteiger partial charge < -0.3 is 15.5 Å². The lowest BCUT2D eigenvalue weighted by atomic mass is 9.94. The molecule has 0 radical (unpaired) electrons. The van der Waals surface area contributed by atoms with Gasteiger partial charge in [0.15, 0.2) is 0 Å². The Morgan fingerprint density at radius 1 is 1.10 bits per heavy atom. The second-order valence-electron chi connectivity index (χ2n) is 10.7. The molecule has 0 bridgehead atoms. The maximum atomic E-state index is 13.6. The number of halogens is 3. The zero-order chi connectivity index (χ0) is 29.4. The molecule has 0 aliphatic carbocycles. The van der Waals surface area contributed by atoms with Crippen LogP contribution in [0.15, 0.2) is 53.4 Å². The second kappa shape index (κ2) is 13.7. The molecule has 0 aromatic heterocycles. The van der Waals surface area contributed by atoms with Crippen LogP contribution in [0, 0.1) is 0 Å². The Bertz CT molecular complexity index is 1190. The molecule has 11 heteroatoms. The van der Waals surface area contributed by atoms with E-state index >= 15 is 0 Å². The first-order valence-corrected chi connectivity index (χ1v) is 14.3. The number of aryl methyl sites for hydroxylation is 1. The van der Waals surface area contributed by atoms with E-state index in [0.717, 1.165) is 35.7 Å². The molecule has 2 rings (SSSR count). The standard InChI is InChI=1S/C28H39F3N2O5S/c1-20(12-13-26(35)36)22-15-23(28(29,30)31)17-25(16-22)39(37,38)33(4)19-24(34)18-32-27(2,3)14-8-11-21-9-6-5-7-10-21/h5-7,9-10,15-17,20,24,32,34H,8,11-14,18-19H2,1-4H3,(H,35,36). The summed E-state index contributed by atoms with van der Waals surface area (Å²) in [7, 11) is -3.17. The lowest BCUT2D eigenvalue weighted by Crippen LogP contribution is -2.46. The number of hydrogen-bond acceptors (Lipinski definition) is 5. The fraction of sp³-hybridized carbons (Fsp3) is 0.536. The zero-order valence-corrected chi connectivity index (χ0v) is 23.6. The molecule has 0 heterocycles. The number of likely N-dealkylation sites (N-methyl/N-ethyl adjacent to an activating group) is 1. The van der Waals surface area contributed by atoms with E-state index in [-0.39, 0.29) is 37.0 Å². The second-order valence-corrected chi connectivity index (χ2v) is 12.7. The van der Waals surface area contributed by atoms with Crippen LogP contribution in [0.1, 0.15) is 69.1 Å². The Balaban J connectivity index is 2.06. The van der Waals surface area contributed by atoms with E-state index in [2.05, 4.69) is 17.4 Å². The van der Waals surface area contributed by atoms with E-state index in [0.29, 0.717) is 6.07 Å². The van der Waals surface area contributed by atoms with Crippen LogP contribution < -0.4 is 5.32 Å². The summed E-state index contributed by atoms with van der Waals surface area (Å²) < 4.78 is 67.9. The molecule has 3 N–H and O–H groups in total. The minimum Gasteiger partial charge on any atom is -0.481 e. The molecule has 0 saturated carbocycles. The smallest absolute Gasteiger partial charge is 0.416 e. The van der Waals surface area contributed by atoms with E-state index in [1.54, 1.807) is 6.92 Å². The Morgan fingerprint density at radius 2 is 1.74 bits per heavy atom. The first-order valence-electron chi connectivity index (χ1n) is 12.9. The van der Waals surface area contributed by atoms with Crippen LogP contribution in [0.4, 0.5) is 13.2 Å². The van der Waals surface area contributed by atoms with Gasteiger partial charge in [0.2, 0.25) is 10.0 Å². The summed E-state index contributed by atoms with van der Waals surface area (Å²) in [6, 6.07) is 12.6. The highest BCUT2D eigenvalue weighted by Gasteiger charge is 2.34. The lowest BCUT2D eigenvalue weighted by molar-refractivity contribution is -0.138. The fourth-order valence-corrected chi connectivity index (χ4v) is 5.52. The Hall–Kier alpha value is -2.47. The summed E-state index contributed by atoms with van der Waals surface area (Å²) in [6.45, 7) is 5.30. The minimum atomic E-state index is -4.79. The molecule has 0 saturated heterocycles. The molecule has 0 amide bonds. The summed E-state index contributed by atoms with van der Waals surface area (Å²) in [5.74, 6) is -1.70. The number of aliphatic hydroxyl groups excluding tert-OH is 1. The molecule has 0 aliphatic heterocycles. The Morgan fingerprint density at radius 3 is 2.33 bits per heavy atom. The summed E-state index contributed by atoms with van der Waals surface area (Å²) >= 11 is 0. The first-order chi connectivity index (χ1) is 18.0. The number of alkyl halides is 3. The van der Waals surface area contributed by atoms with Crippen molar-refractivity contribution in [1.82, 2.24) is 9.62 Å². The number of aliphatic hydroxyl groups is 1. The van der Waals surface area contributed by atoms with Crippen LogP contribution >= 0.6 is 0 Å². The molecule has 2 unspecified atom stereocenters. The number of carbonyl (C=O) groups is 1. The molecule has 2 atom stereocenters. The summed E-state index contributed by atoms with van der Waals surface area (Å²) in [5, 5.41) is 22.7. The number of aliphatic carboxylic acids is 1. The van der Waals surface area contributed by atoms with Crippen molar-refractivity contribution in [1.29, 1.82) is 0 Å². The molecule has 2 aromatic rings. The molecule has 0 aliphatic rings. The Labute approximate surface area is 229 Å². The van der Waals surface area contributed by atoms with Crippen molar-refractivity contribution >= 4 is 16.0 Å². The van der Waals surface area contributed by atoms with Gasteiger partial charge in [0.1, 0.15) is 0 Å². The average Bonchev–Trinajstić information content (AvgIpc) is 2.85. The third kappa shape index (κ3) is 10.6. The van der Waals surface area contributed by atoms with Crippen molar-refractivity contribution in [2.75, 3.05) is 20.1 Å². The van der Waals surface area contributed by atoms with Crippen molar-refractivity contribution in [2.24, 2.45) is 0 Å². The Kier molecular flexibility index (Phi) is 11.5. The van der Waals surface area contributed by atoms with Crippen molar-refractivity contribution < 1.29 is 36.6 Å². The highest BCUT2D eigenvalue weighted by molar-refractivity contribution is 7.89. The van der Waals surface area contributed by atoms with Gasteiger partial charge in [0.25, 0.3) is 0 Å². The van der Waals surface area contributed by atoms with E-state index in [1.165, 1.54) is 12.6 Å². The monoisotopic (exact) mass is 572 g/mol. The van der Waals surface area contributed by atoms with Crippen molar-refractivity contribution in [2.45, 2.75) is 81.5 Å². The van der Waals surface area contributed by atoms with Gasteiger partial charge in [0.05, 0.1) is 16.6 Å². The number of sulfonamides is 1. The summed E-state index contributed by atoms with van der Waals surface area (Å²) in [4.78, 5) is 10.3. The van der Waals surface area contributed by atoms with Crippen LogP contribution in [0.3, 0.4) is 0 Å². The average molecular weight is 573 g/mol. The predicted molar refractivity (Wildman–Crippen MR) is 144 cm³/mol. The van der Waals surface area contributed by atoms with Crippen LogP contribution in [-0.4, -0.2) is 60.7 Å². The lowest BCUT2D eigenvalue weighted by Gasteiger charge is -2.29. The molecular weight excluding hydrogens is 533 g/mol. The topological polar surface area (TPSA) is 107 Å². The van der Waals surface area contributed by atoms with Crippen molar-refractivity contribution in [3.05, 3.63) is 65.2 Å². The number of nitrogens with zero attached hydrogens (tertiary/aromatic N) is 1. The fourth-order valence-electron chi connectivity index (χ4n) is 4.23. The van der Waals surface area contributed by atoms with Gasteiger partial charge in [-0.2, -0.15) is 17.5 Å². The third-order valence-electron chi connectivity index (χ3n) is 6.72. The van der Waals surface area contributed by atoms with E-state index in [4.69, 9.17) is 5.11 Å². The molecule has 218 valence electrons. The third-order valence-corrected chi connectivity index (χ3v) is 8.52. The van der Waals surface area contributed by atoms with Gasteiger partial charge in [-0.25, -0.2) is 8.42 Å². The van der Waals surface area contributed by atoms with Gasteiger partial charge in [-0.3, -0.25) is 4.79 Å². The normalized spacial score (nSPS) is 14.4. The first kappa shape index (κ1) is 32.7. The zero-order valence-electron chi connectivity index (χ0n) is 22.8. The van der Waals surface area contributed by atoms with E-state index in [9.17, 15) is 31.5 Å². The van der Waals surface area contributed by atoms with Crippen molar-refractivity contribution in [3.63, 3.8) is 0 Å². The van der Waals surface area contributed by atoms with Crippen molar-refractivity contribution in [3.8, 4) is 0 Å². The van der Waals surface area contributed by atoms with Gasteiger partial charge in [0, 0.05) is 32.1 Å². The van der Waals surface area contributed by atoms with Crippen LogP contribution in [0.25, 0.3) is 0 Å². The maximum Gasteiger partial charge on any atom is 0.416 e. The van der Waals surface area contributed by atoms with Crippen LogP contribution in [0.2, 0.25) is 0 Å². The minimum absolute atomic E-state index is 0.0531. The number of hydrogen-bond donors (Lipinski definition) is 3. The maximum absolute atomic E-state index is 13.6. The molecule has 2 aromatic carbocycles. The summed E-state index contributed by atoms with van der Waals surface area (Å²) in [6.07, 6.45) is -3.46. The van der Waals surface area contributed by atoms with Crippen LogP contribution in [-0.2, 0) is 27.4 Å². The highest BCUT2D eigenvalue weighted by atomic mass is 32.2. The molecular formula is C28H39F3N2O5S. The van der Waals surface area contributed by atoms with Gasteiger partial charge in [-0.1, -0.05) is 37.3 Å². The number of nitrogens with one attached hydrogen (secondary N) is 1. The number of carboxylic acid groups (broad SMARTS) is 1. The highest BCUT2D eigenvalue weighted by Crippen LogP contribution is 2.35. The van der Waals surface area contributed by atoms with E-state index in [1.807, 2.05) is 32.0 Å². The SMILES string of the molecule is CC(CCC(=O)O)c1cc(C(F)(F)F)cc(S(=O)(=O)N(C)CC(O)CNC(C)(C)CCCc2ccccc2)c1. The van der Waals surface area contributed by atoms with Gasteiger partial charge in [-0.15, -0.1) is 0 Å². The van der Waals surface area contributed by atoms with Gasteiger partial charge in [-0.05, 0) is 74.8 Å². The molecule has 0 spiro atoms. The molecule has 7 nitrogen and oxygen atoms in total. The number of carboxylic acids is 1. The van der Waals surface area contributed by atoms with Crippen LogP contribution in [0.5, 0.6) is 0 Å². The van der Waals surface area contributed by atoms with E-state index < -0.39 is 44.6 Å². The number of β-amino-alcohol motifs (C(OH)–C–C–N with tert-alkyl or cyclic N) is 1.